The van der Waals surface area contributed by atoms with Crippen molar-refractivity contribution in [1.29, 1.82) is 0 Å². The summed E-state index contributed by atoms with van der Waals surface area (Å²) < 4.78 is 0. The maximum absolute atomic E-state index is 11.9. The van der Waals surface area contributed by atoms with Crippen molar-refractivity contribution in [2.75, 3.05) is 26.2 Å². The van der Waals surface area contributed by atoms with Gasteiger partial charge in [0.25, 0.3) is 0 Å². The first-order valence-corrected chi connectivity index (χ1v) is 7.13. The van der Waals surface area contributed by atoms with E-state index in [4.69, 9.17) is 0 Å². The molecule has 2 aliphatic heterocycles. The fourth-order valence-electron chi connectivity index (χ4n) is 3.06. The molecule has 0 spiro atoms. The first-order chi connectivity index (χ1) is 8.72. The lowest BCUT2D eigenvalue weighted by molar-refractivity contribution is -0.134. The van der Waals surface area contributed by atoms with Crippen molar-refractivity contribution in [3.05, 3.63) is 0 Å². The SMILES string of the molecule is CC([C]=O)C(=O)N1CCC(N2CCCCC2)CC1. The molecule has 2 heterocycles. The maximum Gasteiger partial charge on any atom is 0.233 e. The number of rotatable bonds is 3. The van der Waals surface area contributed by atoms with E-state index in [9.17, 15) is 9.59 Å². The normalized spacial score (nSPS) is 24.8. The Morgan fingerprint density at radius 3 is 2.28 bits per heavy atom. The Kier molecular flexibility index (Phi) is 4.75. The predicted molar refractivity (Wildman–Crippen MR) is 69.9 cm³/mol. The summed E-state index contributed by atoms with van der Waals surface area (Å²) in [5, 5.41) is 0. The summed E-state index contributed by atoms with van der Waals surface area (Å²) in [6.45, 7) is 5.67. The van der Waals surface area contributed by atoms with Crippen molar-refractivity contribution in [3.8, 4) is 0 Å². The second kappa shape index (κ2) is 6.32. The van der Waals surface area contributed by atoms with Gasteiger partial charge in [-0.25, -0.2) is 0 Å². The molecule has 0 aliphatic carbocycles. The molecule has 1 atom stereocenters. The fraction of sp³-hybridized carbons (Fsp3) is 0.857. The molecule has 0 aromatic heterocycles. The van der Waals surface area contributed by atoms with Crippen LogP contribution in [0.15, 0.2) is 0 Å². The van der Waals surface area contributed by atoms with E-state index in [2.05, 4.69) is 4.90 Å². The number of likely N-dealkylation sites (tertiary alicyclic amines) is 2. The number of hydrogen-bond donors (Lipinski definition) is 0. The van der Waals surface area contributed by atoms with Crippen LogP contribution in [-0.2, 0) is 9.59 Å². The summed E-state index contributed by atoms with van der Waals surface area (Å²) in [6, 6.07) is 0.643. The third kappa shape index (κ3) is 3.10. The third-order valence-electron chi connectivity index (χ3n) is 4.23. The standard InChI is InChI=1S/C14H23N2O2/c1-12(11-17)14(18)16-9-5-13(6-10-16)15-7-3-2-4-8-15/h12-13H,2-10H2,1H3. The van der Waals surface area contributed by atoms with E-state index in [1.54, 1.807) is 13.2 Å². The van der Waals surface area contributed by atoms with Gasteiger partial charge in [-0.2, -0.15) is 0 Å². The molecule has 1 amide bonds. The van der Waals surface area contributed by atoms with Crippen LogP contribution < -0.4 is 0 Å². The number of carbonyl (C=O) groups is 1. The molecular weight excluding hydrogens is 228 g/mol. The van der Waals surface area contributed by atoms with Crippen molar-refractivity contribution in [3.63, 3.8) is 0 Å². The van der Waals surface area contributed by atoms with Crippen LogP contribution in [0.25, 0.3) is 0 Å². The molecule has 4 heteroatoms. The van der Waals surface area contributed by atoms with Crippen molar-refractivity contribution in [2.45, 2.75) is 45.1 Å². The van der Waals surface area contributed by atoms with Gasteiger partial charge in [-0.05, 0) is 45.7 Å². The second-order valence-corrected chi connectivity index (χ2v) is 5.49. The molecule has 0 aromatic carbocycles. The van der Waals surface area contributed by atoms with Crippen LogP contribution in [0.5, 0.6) is 0 Å². The highest BCUT2D eigenvalue weighted by atomic mass is 16.2. The molecule has 101 valence electrons. The molecule has 0 saturated carbocycles. The minimum absolute atomic E-state index is 0.0536. The summed E-state index contributed by atoms with van der Waals surface area (Å²) in [7, 11) is 0. The molecule has 0 bridgehead atoms. The Labute approximate surface area is 109 Å². The van der Waals surface area contributed by atoms with Gasteiger partial charge >= 0.3 is 0 Å². The predicted octanol–water partition coefficient (Wildman–Crippen LogP) is 1.21. The molecule has 4 nitrogen and oxygen atoms in total. The summed E-state index contributed by atoms with van der Waals surface area (Å²) in [4.78, 5) is 26.8. The van der Waals surface area contributed by atoms with E-state index in [0.717, 1.165) is 25.9 Å². The van der Waals surface area contributed by atoms with E-state index in [1.807, 2.05) is 4.90 Å². The average Bonchev–Trinajstić information content (AvgIpc) is 2.47. The van der Waals surface area contributed by atoms with Crippen LogP contribution in [0, 0.1) is 5.92 Å². The van der Waals surface area contributed by atoms with Crippen molar-refractivity contribution in [1.82, 2.24) is 9.80 Å². The summed E-state index contributed by atoms with van der Waals surface area (Å²) in [5.41, 5.74) is 0. The first-order valence-electron chi connectivity index (χ1n) is 7.13. The van der Waals surface area contributed by atoms with E-state index < -0.39 is 5.92 Å². The lowest BCUT2D eigenvalue weighted by atomic mass is 9.99. The quantitative estimate of drug-likeness (QED) is 0.708. The number of carbonyl (C=O) groups excluding carboxylic acids is 2. The van der Waals surface area contributed by atoms with Gasteiger partial charge in [-0.15, -0.1) is 0 Å². The van der Waals surface area contributed by atoms with Crippen LogP contribution in [0.1, 0.15) is 39.0 Å². The Morgan fingerprint density at radius 1 is 1.11 bits per heavy atom. The Hall–Kier alpha value is -0.900. The Morgan fingerprint density at radius 2 is 1.72 bits per heavy atom. The number of nitrogens with zero attached hydrogens (tertiary/aromatic N) is 2. The van der Waals surface area contributed by atoms with E-state index in [0.29, 0.717) is 6.04 Å². The lowest BCUT2D eigenvalue weighted by Crippen LogP contribution is -2.49. The average molecular weight is 251 g/mol. The highest BCUT2D eigenvalue weighted by Crippen LogP contribution is 2.21. The highest BCUT2D eigenvalue weighted by molar-refractivity contribution is 5.91. The number of amides is 1. The summed E-state index contributed by atoms with van der Waals surface area (Å²) in [6.07, 6.45) is 7.88. The molecule has 0 N–H and O–H groups in total. The van der Waals surface area contributed by atoms with Crippen molar-refractivity contribution in [2.24, 2.45) is 5.92 Å². The molecular formula is C14H23N2O2. The van der Waals surface area contributed by atoms with E-state index in [1.165, 1.54) is 32.4 Å². The topological polar surface area (TPSA) is 40.6 Å². The van der Waals surface area contributed by atoms with Crippen LogP contribution in [0.2, 0.25) is 0 Å². The number of hydrogen-bond acceptors (Lipinski definition) is 3. The first kappa shape index (κ1) is 13.5. The minimum Gasteiger partial charge on any atom is -0.342 e. The molecule has 2 saturated heterocycles. The van der Waals surface area contributed by atoms with Gasteiger partial charge in [0, 0.05) is 19.1 Å². The largest absolute Gasteiger partial charge is 0.342 e. The molecule has 18 heavy (non-hydrogen) atoms. The third-order valence-corrected chi connectivity index (χ3v) is 4.23. The lowest BCUT2D eigenvalue weighted by Gasteiger charge is -2.40. The Bertz CT molecular complexity index is 292. The van der Waals surface area contributed by atoms with Crippen LogP contribution >= 0.6 is 0 Å². The fourth-order valence-corrected chi connectivity index (χ4v) is 3.06. The zero-order valence-corrected chi connectivity index (χ0v) is 11.2. The molecule has 2 rings (SSSR count). The van der Waals surface area contributed by atoms with Gasteiger partial charge < -0.3 is 9.80 Å². The van der Waals surface area contributed by atoms with Crippen LogP contribution in [0.4, 0.5) is 0 Å². The molecule has 2 fully saturated rings. The molecule has 0 aromatic rings. The van der Waals surface area contributed by atoms with Gasteiger partial charge in [-0.3, -0.25) is 9.59 Å². The van der Waals surface area contributed by atoms with E-state index >= 15 is 0 Å². The maximum atomic E-state index is 11.9. The Balaban J connectivity index is 1.80. The minimum atomic E-state index is -0.600. The van der Waals surface area contributed by atoms with Gasteiger partial charge in [0.2, 0.25) is 12.2 Å². The van der Waals surface area contributed by atoms with Crippen molar-refractivity contribution < 1.29 is 9.59 Å². The van der Waals surface area contributed by atoms with Gasteiger partial charge in [0.1, 0.15) is 5.92 Å². The van der Waals surface area contributed by atoms with Crippen molar-refractivity contribution >= 4 is 12.2 Å². The molecule has 2 aliphatic rings. The van der Waals surface area contributed by atoms with Gasteiger partial charge in [0.15, 0.2) is 0 Å². The highest BCUT2D eigenvalue weighted by Gasteiger charge is 2.29. The zero-order chi connectivity index (χ0) is 13.0. The smallest absolute Gasteiger partial charge is 0.233 e. The summed E-state index contributed by atoms with van der Waals surface area (Å²) >= 11 is 0. The zero-order valence-electron chi connectivity index (χ0n) is 11.2. The monoisotopic (exact) mass is 251 g/mol. The van der Waals surface area contributed by atoms with Gasteiger partial charge in [-0.1, -0.05) is 6.42 Å². The number of piperidine rings is 2. The van der Waals surface area contributed by atoms with Gasteiger partial charge in [0.05, 0.1) is 0 Å². The molecule has 1 radical (unpaired) electrons. The summed E-state index contributed by atoms with van der Waals surface area (Å²) in [5.74, 6) is -0.654. The second-order valence-electron chi connectivity index (χ2n) is 5.49. The van der Waals surface area contributed by atoms with Crippen LogP contribution in [-0.4, -0.2) is 54.2 Å². The molecule has 1 unspecified atom stereocenters. The van der Waals surface area contributed by atoms with E-state index in [-0.39, 0.29) is 5.91 Å². The van der Waals surface area contributed by atoms with Crippen LogP contribution in [0.3, 0.4) is 0 Å².